The number of benzene rings is 1. The first-order valence-corrected chi connectivity index (χ1v) is 10.9. The van der Waals surface area contributed by atoms with Gasteiger partial charge in [0.25, 0.3) is 0 Å². The van der Waals surface area contributed by atoms with Crippen LogP contribution in [0, 0.1) is 0 Å². The summed E-state index contributed by atoms with van der Waals surface area (Å²) in [6, 6.07) is 8.79. The highest BCUT2D eigenvalue weighted by Gasteiger charge is 2.41. The number of rotatable bonds is 3. The Hall–Kier alpha value is -0.510. The molecule has 0 aromatic heterocycles. The molecule has 1 atom stereocenters. The van der Waals surface area contributed by atoms with Crippen LogP contribution in [0.5, 0.6) is 0 Å². The largest absolute Gasteiger partial charge is 0.379 e. The number of morpholine rings is 1. The molecule has 2 fully saturated rings. The fraction of sp³-hybridized carbons (Fsp3) is 0.650. The summed E-state index contributed by atoms with van der Waals surface area (Å²) in [5, 5.41) is 3.73. The van der Waals surface area contributed by atoms with Crippen molar-refractivity contribution < 1.29 is 4.74 Å². The molecule has 7 heteroatoms. The maximum absolute atomic E-state index is 5.58. The van der Waals surface area contributed by atoms with Gasteiger partial charge in [0.05, 0.1) is 13.2 Å². The number of ether oxygens (including phenoxy) is 1. The van der Waals surface area contributed by atoms with Gasteiger partial charge in [-0.25, -0.2) is 0 Å². The van der Waals surface area contributed by atoms with Crippen molar-refractivity contribution in [1.29, 1.82) is 0 Å². The van der Waals surface area contributed by atoms with Gasteiger partial charge in [-0.2, -0.15) is 11.8 Å². The highest BCUT2D eigenvalue weighted by atomic mass is 127. The maximum Gasteiger partial charge on any atom is 0.194 e. The van der Waals surface area contributed by atoms with Crippen LogP contribution in [0.4, 0.5) is 0 Å². The molecule has 0 spiro atoms. The molecule has 0 radical (unpaired) electrons. The number of fused-ring (bicyclic) bond motifs is 1. The molecule has 1 aromatic carbocycles. The SMILES string of the molecule is CN=C(NCC1(N2CCOCC2)CCSC1)N1CCc2ccccc2C1.I. The van der Waals surface area contributed by atoms with Gasteiger partial charge in [0, 0.05) is 51.1 Å². The molecule has 1 N–H and O–H groups in total. The minimum atomic E-state index is 0. The zero-order valence-electron chi connectivity index (χ0n) is 16.2. The molecule has 2 saturated heterocycles. The van der Waals surface area contributed by atoms with Crippen LogP contribution in [0.25, 0.3) is 0 Å². The van der Waals surface area contributed by atoms with Crippen molar-refractivity contribution >= 4 is 41.7 Å². The molecule has 27 heavy (non-hydrogen) atoms. The number of aliphatic imine (C=N–C) groups is 1. The molecule has 4 rings (SSSR count). The van der Waals surface area contributed by atoms with E-state index in [0.717, 1.165) is 58.3 Å². The molecule has 1 aromatic rings. The Morgan fingerprint density at radius 2 is 2.00 bits per heavy atom. The second-order valence-electron chi connectivity index (χ2n) is 7.47. The van der Waals surface area contributed by atoms with Crippen LogP contribution in [0.3, 0.4) is 0 Å². The van der Waals surface area contributed by atoms with Crippen molar-refractivity contribution in [1.82, 2.24) is 15.1 Å². The number of nitrogens with zero attached hydrogens (tertiary/aromatic N) is 3. The molecule has 150 valence electrons. The summed E-state index contributed by atoms with van der Waals surface area (Å²) in [5.74, 6) is 3.51. The van der Waals surface area contributed by atoms with E-state index < -0.39 is 0 Å². The van der Waals surface area contributed by atoms with Crippen molar-refractivity contribution in [2.75, 3.05) is 57.9 Å². The van der Waals surface area contributed by atoms with Crippen molar-refractivity contribution in [2.24, 2.45) is 4.99 Å². The molecule has 0 saturated carbocycles. The van der Waals surface area contributed by atoms with Gasteiger partial charge in [-0.1, -0.05) is 24.3 Å². The van der Waals surface area contributed by atoms with Crippen LogP contribution in [0.15, 0.2) is 29.3 Å². The van der Waals surface area contributed by atoms with E-state index in [1.165, 1.54) is 29.1 Å². The molecule has 0 aliphatic carbocycles. The quantitative estimate of drug-likeness (QED) is 0.391. The van der Waals surface area contributed by atoms with E-state index in [0.29, 0.717) is 0 Å². The molecule has 3 aliphatic heterocycles. The smallest absolute Gasteiger partial charge is 0.194 e. The van der Waals surface area contributed by atoms with Gasteiger partial charge in [0.1, 0.15) is 0 Å². The Labute approximate surface area is 184 Å². The molecule has 0 bridgehead atoms. The first-order chi connectivity index (χ1) is 12.8. The first kappa shape index (κ1) is 21.2. The third-order valence-corrected chi connectivity index (χ3v) is 7.22. The molecule has 0 amide bonds. The fourth-order valence-corrected chi connectivity index (χ4v) is 5.86. The van der Waals surface area contributed by atoms with Crippen molar-refractivity contribution in [3.05, 3.63) is 35.4 Å². The van der Waals surface area contributed by atoms with E-state index in [-0.39, 0.29) is 29.5 Å². The Morgan fingerprint density at radius 3 is 2.70 bits per heavy atom. The summed E-state index contributed by atoms with van der Waals surface area (Å²) >= 11 is 2.08. The third kappa shape index (κ3) is 4.74. The minimum absolute atomic E-state index is 0. The average molecular weight is 502 g/mol. The highest BCUT2D eigenvalue weighted by molar-refractivity contribution is 14.0. The van der Waals surface area contributed by atoms with E-state index in [2.05, 4.69) is 56.1 Å². The number of halogens is 1. The van der Waals surface area contributed by atoms with Crippen molar-refractivity contribution in [2.45, 2.75) is 24.9 Å². The van der Waals surface area contributed by atoms with Gasteiger partial charge >= 0.3 is 0 Å². The van der Waals surface area contributed by atoms with Crippen molar-refractivity contribution in [3.63, 3.8) is 0 Å². The van der Waals surface area contributed by atoms with Crippen LogP contribution in [-0.4, -0.2) is 79.2 Å². The summed E-state index contributed by atoms with van der Waals surface area (Å²) in [6.07, 6.45) is 2.35. The Morgan fingerprint density at radius 1 is 1.22 bits per heavy atom. The summed E-state index contributed by atoms with van der Waals surface area (Å²) < 4.78 is 5.58. The zero-order chi connectivity index (χ0) is 17.8. The van der Waals surface area contributed by atoms with E-state index in [1.54, 1.807) is 0 Å². The summed E-state index contributed by atoms with van der Waals surface area (Å²) in [6.45, 7) is 6.81. The predicted molar refractivity (Wildman–Crippen MR) is 124 cm³/mol. The predicted octanol–water partition coefficient (Wildman–Crippen LogP) is 2.45. The van der Waals surface area contributed by atoms with Gasteiger partial charge in [0.15, 0.2) is 5.96 Å². The van der Waals surface area contributed by atoms with Crippen LogP contribution < -0.4 is 5.32 Å². The molecule has 5 nitrogen and oxygen atoms in total. The number of guanidine groups is 1. The van der Waals surface area contributed by atoms with E-state index in [1.807, 2.05) is 7.05 Å². The Bertz CT molecular complexity index is 645. The second-order valence-corrected chi connectivity index (χ2v) is 8.57. The first-order valence-electron chi connectivity index (χ1n) is 9.74. The topological polar surface area (TPSA) is 40.1 Å². The maximum atomic E-state index is 5.58. The molecular weight excluding hydrogens is 471 g/mol. The summed E-state index contributed by atoms with van der Waals surface area (Å²) in [4.78, 5) is 9.66. The summed E-state index contributed by atoms with van der Waals surface area (Å²) in [7, 11) is 1.91. The molecular formula is C20H31IN4OS. The lowest BCUT2D eigenvalue weighted by Crippen LogP contribution is -2.60. The van der Waals surface area contributed by atoms with E-state index in [9.17, 15) is 0 Å². The van der Waals surface area contributed by atoms with E-state index in [4.69, 9.17) is 4.74 Å². The number of nitrogens with one attached hydrogen (secondary N) is 1. The van der Waals surface area contributed by atoms with Crippen LogP contribution in [0.1, 0.15) is 17.5 Å². The second kappa shape index (κ2) is 9.80. The zero-order valence-corrected chi connectivity index (χ0v) is 19.3. The van der Waals surface area contributed by atoms with Gasteiger partial charge in [0.2, 0.25) is 0 Å². The number of hydrogen-bond donors (Lipinski definition) is 1. The lowest BCUT2D eigenvalue weighted by Gasteiger charge is -2.43. The van der Waals surface area contributed by atoms with Gasteiger partial charge < -0.3 is 15.0 Å². The highest BCUT2D eigenvalue weighted by Crippen LogP contribution is 2.33. The average Bonchev–Trinajstić information content (AvgIpc) is 3.19. The Kier molecular flexibility index (Phi) is 7.70. The molecule has 1 unspecified atom stereocenters. The lowest BCUT2D eigenvalue weighted by molar-refractivity contribution is -0.0121. The van der Waals surface area contributed by atoms with Crippen LogP contribution in [0.2, 0.25) is 0 Å². The van der Waals surface area contributed by atoms with Crippen LogP contribution in [-0.2, 0) is 17.7 Å². The third-order valence-electron chi connectivity index (χ3n) is 5.98. The Balaban J connectivity index is 0.00000210. The standard InChI is InChI=1S/C20H30N4OS.HI/c1-21-19(23-8-6-17-4-2-3-5-18(17)14-23)22-15-20(7-13-26-16-20)24-9-11-25-12-10-24;/h2-5H,6-16H2,1H3,(H,21,22);1H. The lowest BCUT2D eigenvalue weighted by atomic mass is 9.95. The van der Waals surface area contributed by atoms with Crippen LogP contribution >= 0.6 is 35.7 Å². The monoisotopic (exact) mass is 502 g/mol. The minimum Gasteiger partial charge on any atom is -0.379 e. The van der Waals surface area contributed by atoms with Gasteiger partial charge in [-0.15, -0.1) is 24.0 Å². The molecule has 3 heterocycles. The summed E-state index contributed by atoms with van der Waals surface area (Å²) in [5.41, 5.74) is 3.16. The van der Waals surface area contributed by atoms with Gasteiger partial charge in [-0.05, 0) is 29.7 Å². The normalized spacial score (nSPS) is 26.4. The fourth-order valence-electron chi connectivity index (χ4n) is 4.39. The number of hydrogen-bond acceptors (Lipinski definition) is 4. The molecule has 3 aliphatic rings. The van der Waals surface area contributed by atoms with Gasteiger partial charge in [-0.3, -0.25) is 9.89 Å². The van der Waals surface area contributed by atoms with Crippen molar-refractivity contribution in [3.8, 4) is 0 Å². The number of thioether (sulfide) groups is 1. The van der Waals surface area contributed by atoms with E-state index >= 15 is 0 Å².